The van der Waals surface area contributed by atoms with Gasteiger partial charge in [-0.3, -0.25) is 0 Å². The molecule has 7 nitrogen and oxygen atoms in total. The first-order valence-electron chi connectivity index (χ1n) is 7.52. The molecular weight excluding hydrogens is 328 g/mol. The number of ether oxygens (including phenoxy) is 4. The first kappa shape index (κ1) is 16.9. The normalized spacial score (nSPS) is 15.5. The van der Waals surface area contributed by atoms with Crippen LogP contribution in [0.2, 0.25) is 0 Å². The molecule has 1 unspecified atom stereocenters. The molecule has 0 bridgehead atoms. The van der Waals surface area contributed by atoms with E-state index in [1.54, 1.807) is 18.2 Å². The molecule has 0 spiro atoms. The van der Waals surface area contributed by atoms with Crippen LogP contribution in [0.3, 0.4) is 0 Å². The number of benzene rings is 2. The van der Waals surface area contributed by atoms with Crippen molar-refractivity contribution in [1.82, 2.24) is 0 Å². The summed E-state index contributed by atoms with van der Waals surface area (Å²) in [4.78, 5) is 12.3. The van der Waals surface area contributed by atoms with Gasteiger partial charge in [0.05, 0.1) is 44.6 Å². The fourth-order valence-corrected chi connectivity index (χ4v) is 3.07. The first-order chi connectivity index (χ1) is 12.1. The SMILES string of the molecule is COc1cccc(OC)c1C1OC(=O)c2cc(CO)c(OC)c(O)c21. The topological polar surface area (TPSA) is 94.5 Å². The predicted octanol–water partition coefficient (Wildman–Crippen LogP) is 2.17. The van der Waals surface area contributed by atoms with Gasteiger partial charge in [0.15, 0.2) is 17.6 Å². The van der Waals surface area contributed by atoms with Crippen molar-refractivity contribution in [3.63, 3.8) is 0 Å². The zero-order valence-electron chi connectivity index (χ0n) is 14.0. The molecule has 0 saturated carbocycles. The molecule has 0 aromatic heterocycles. The van der Waals surface area contributed by atoms with Gasteiger partial charge in [-0.25, -0.2) is 4.79 Å². The summed E-state index contributed by atoms with van der Waals surface area (Å²) in [6.07, 6.45) is -0.921. The molecule has 2 aromatic carbocycles. The smallest absolute Gasteiger partial charge is 0.339 e. The van der Waals surface area contributed by atoms with Crippen molar-refractivity contribution in [1.29, 1.82) is 0 Å². The molecule has 1 aliphatic rings. The van der Waals surface area contributed by atoms with Crippen LogP contribution in [-0.4, -0.2) is 37.5 Å². The lowest BCUT2D eigenvalue weighted by Crippen LogP contribution is -2.06. The Bertz CT molecular complexity index is 806. The molecule has 2 N–H and O–H groups in total. The maximum Gasteiger partial charge on any atom is 0.339 e. The minimum Gasteiger partial charge on any atom is -0.504 e. The van der Waals surface area contributed by atoms with Crippen molar-refractivity contribution in [2.24, 2.45) is 0 Å². The summed E-state index contributed by atoms with van der Waals surface area (Å²) < 4.78 is 21.4. The summed E-state index contributed by atoms with van der Waals surface area (Å²) in [6, 6.07) is 6.62. The van der Waals surface area contributed by atoms with Gasteiger partial charge >= 0.3 is 5.97 Å². The molecule has 7 heteroatoms. The molecule has 25 heavy (non-hydrogen) atoms. The third-order valence-electron chi connectivity index (χ3n) is 4.18. The van der Waals surface area contributed by atoms with E-state index in [1.807, 2.05) is 0 Å². The van der Waals surface area contributed by atoms with Gasteiger partial charge in [-0.1, -0.05) is 6.07 Å². The number of carbonyl (C=O) groups is 1. The summed E-state index contributed by atoms with van der Waals surface area (Å²) >= 11 is 0. The Labute approximate surface area is 144 Å². The zero-order chi connectivity index (χ0) is 18.1. The van der Waals surface area contributed by atoms with Crippen LogP contribution in [0.4, 0.5) is 0 Å². The number of hydrogen-bond acceptors (Lipinski definition) is 7. The third-order valence-corrected chi connectivity index (χ3v) is 4.18. The van der Waals surface area contributed by atoms with Crippen LogP contribution >= 0.6 is 0 Å². The van der Waals surface area contributed by atoms with E-state index in [0.717, 1.165) is 0 Å². The highest BCUT2D eigenvalue weighted by molar-refractivity contribution is 5.96. The minimum atomic E-state index is -0.921. The van der Waals surface area contributed by atoms with E-state index < -0.39 is 12.1 Å². The van der Waals surface area contributed by atoms with E-state index in [9.17, 15) is 15.0 Å². The Balaban J connectivity index is 2.28. The number of methoxy groups -OCH3 is 3. The second-order valence-corrected chi connectivity index (χ2v) is 5.40. The highest BCUT2D eigenvalue weighted by atomic mass is 16.6. The van der Waals surface area contributed by atoms with Crippen LogP contribution < -0.4 is 14.2 Å². The summed E-state index contributed by atoms with van der Waals surface area (Å²) in [5.74, 6) is 0.135. The Hall–Kier alpha value is -2.93. The summed E-state index contributed by atoms with van der Waals surface area (Å²) in [7, 11) is 4.35. The Morgan fingerprint density at radius 2 is 1.72 bits per heavy atom. The number of aromatic hydroxyl groups is 1. The summed E-state index contributed by atoms with van der Waals surface area (Å²) in [5.41, 5.74) is 1.19. The van der Waals surface area contributed by atoms with E-state index in [-0.39, 0.29) is 29.2 Å². The van der Waals surface area contributed by atoms with Crippen LogP contribution in [0, 0.1) is 0 Å². The van der Waals surface area contributed by atoms with E-state index in [1.165, 1.54) is 27.4 Å². The number of phenolic OH excluding ortho intramolecular Hbond substituents is 1. The molecule has 0 aliphatic carbocycles. The number of esters is 1. The molecule has 1 heterocycles. The lowest BCUT2D eigenvalue weighted by molar-refractivity contribution is 0.0447. The van der Waals surface area contributed by atoms with E-state index in [2.05, 4.69) is 0 Å². The summed E-state index contributed by atoms with van der Waals surface area (Å²) in [6.45, 7) is -0.389. The largest absolute Gasteiger partial charge is 0.504 e. The monoisotopic (exact) mass is 346 g/mol. The van der Waals surface area contributed by atoms with Crippen molar-refractivity contribution in [2.45, 2.75) is 12.7 Å². The average molecular weight is 346 g/mol. The fourth-order valence-electron chi connectivity index (χ4n) is 3.07. The van der Waals surface area contributed by atoms with Gasteiger partial charge < -0.3 is 29.2 Å². The highest BCUT2D eigenvalue weighted by Gasteiger charge is 2.40. The second-order valence-electron chi connectivity index (χ2n) is 5.40. The fraction of sp³-hybridized carbons (Fsp3) is 0.278. The Morgan fingerprint density at radius 1 is 1.08 bits per heavy atom. The van der Waals surface area contributed by atoms with Crippen molar-refractivity contribution in [2.75, 3.05) is 21.3 Å². The van der Waals surface area contributed by atoms with E-state index >= 15 is 0 Å². The molecule has 2 aromatic rings. The van der Waals surface area contributed by atoms with Crippen LogP contribution in [-0.2, 0) is 11.3 Å². The second kappa shape index (κ2) is 6.52. The minimum absolute atomic E-state index is 0.0958. The average Bonchev–Trinajstić information content (AvgIpc) is 2.97. The van der Waals surface area contributed by atoms with Crippen LogP contribution in [0.25, 0.3) is 0 Å². The predicted molar refractivity (Wildman–Crippen MR) is 87.4 cm³/mol. The number of carbonyl (C=O) groups excluding carboxylic acids is 1. The van der Waals surface area contributed by atoms with Crippen molar-refractivity contribution >= 4 is 5.97 Å². The number of aliphatic hydroxyl groups is 1. The van der Waals surface area contributed by atoms with Crippen LogP contribution in [0.15, 0.2) is 24.3 Å². The van der Waals surface area contributed by atoms with E-state index in [4.69, 9.17) is 18.9 Å². The molecule has 0 fully saturated rings. The van der Waals surface area contributed by atoms with Gasteiger partial charge in [0.2, 0.25) is 0 Å². The lowest BCUT2D eigenvalue weighted by Gasteiger charge is -2.19. The number of phenols is 1. The van der Waals surface area contributed by atoms with Gasteiger partial charge in [-0.2, -0.15) is 0 Å². The maximum atomic E-state index is 12.3. The number of hydrogen-bond donors (Lipinski definition) is 2. The Morgan fingerprint density at radius 3 is 2.24 bits per heavy atom. The number of fused-ring (bicyclic) bond motifs is 1. The molecular formula is C18H18O7. The molecule has 1 atom stereocenters. The molecule has 0 saturated heterocycles. The zero-order valence-corrected chi connectivity index (χ0v) is 14.0. The molecule has 3 rings (SSSR count). The number of cyclic esters (lactones) is 1. The Kier molecular flexibility index (Phi) is 4.41. The third kappa shape index (κ3) is 2.53. The van der Waals surface area contributed by atoms with Gasteiger partial charge in [-0.05, 0) is 18.2 Å². The quantitative estimate of drug-likeness (QED) is 0.801. The van der Waals surface area contributed by atoms with Gasteiger partial charge in [-0.15, -0.1) is 0 Å². The lowest BCUT2D eigenvalue weighted by atomic mass is 9.94. The molecule has 0 amide bonds. The van der Waals surface area contributed by atoms with Gasteiger partial charge in [0.25, 0.3) is 0 Å². The van der Waals surface area contributed by atoms with Gasteiger partial charge in [0.1, 0.15) is 11.5 Å². The van der Waals surface area contributed by atoms with E-state index in [0.29, 0.717) is 22.6 Å². The van der Waals surface area contributed by atoms with Crippen molar-refractivity contribution in [3.05, 3.63) is 46.5 Å². The van der Waals surface area contributed by atoms with Crippen LogP contribution in [0.5, 0.6) is 23.0 Å². The first-order valence-corrected chi connectivity index (χ1v) is 7.52. The summed E-state index contributed by atoms with van der Waals surface area (Å²) in [5, 5.41) is 20.1. The molecule has 0 radical (unpaired) electrons. The number of aliphatic hydroxyl groups excluding tert-OH is 1. The number of rotatable bonds is 5. The standard InChI is InChI=1S/C18H18O7/c1-22-11-5-4-6-12(23-2)14(11)17-13-10(18(21)25-17)7-9(8-19)16(24-3)15(13)20/h4-7,17,19-20H,8H2,1-3H3. The molecule has 1 aliphatic heterocycles. The maximum absolute atomic E-state index is 12.3. The van der Waals surface area contributed by atoms with Crippen LogP contribution in [0.1, 0.15) is 33.2 Å². The van der Waals surface area contributed by atoms with Gasteiger partial charge in [0, 0.05) is 5.56 Å². The highest BCUT2D eigenvalue weighted by Crippen LogP contribution is 2.50. The van der Waals surface area contributed by atoms with Crippen molar-refractivity contribution < 1.29 is 34.0 Å². The van der Waals surface area contributed by atoms with Crippen molar-refractivity contribution in [3.8, 4) is 23.0 Å². The molecule has 132 valence electrons.